The lowest BCUT2D eigenvalue weighted by Gasteiger charge is -2.26. The van der Waals surface area contributed by atoms with E-state index in [0.29, 0.717) is 0 Å². The molecule has 9 aromatic carbocycles. The Hall–Kier alpha value is -6.90. The van der Waals surface area contributed by atoms with E-state index in [1.54, 1.807) is 0 Å². The maximum absolute atomic E-state index is 2.37. The molecule has 0 amide bonds. The minimum Gasteiger partial charge on any atom is -0.311 e. The van der Waals surface area contributed by atoms with Gasteiger partial charge in [-0.15, -0.1) is 0 Å². The van der Waals surface area contributed by atoms with E-state index in [4.69, 9.17) is 0 Å². The lowest BCUT2D eigenvalue weighted by atomic mass is 9.98. The summed E-state index contributed by atoms with van der Waals surface area (Å²) in [5.41, 5.74) is 11.7. The average molecular weight is 663 g/mol. The largest absolute Gasteiger partial charge is 0.311 e. The molecule has 0 atom stereocenters. The van der Waals surface area contributed by atoms with Crippen LogP contribution in [0.4, 0.5) is 17.1 Å². The van der Waals surface area contributed by atoms with Crippen molar-refractivity contribution >= 4 is 60.4 Å². The van der Waals surface area contributed by atoms with E-state index >= 15 is 0 Å². The highest BCUT2D eigenvalue weighted by molar-refractivity contribution is 6.09. The zero-order valence-electron chi connectivity index (χ0n) is 28.5. The van der Waals surface area contributed by atoms with Gasteiger partial charge in [0.2, 0.25) is 0 Å². The third-order valence-electron chi connectivity index (χ3n) is 10.4. The summed E-state index contributed by atoms with van der Waals surface area (Å²) < 4.78 is 2.37. The molecule has 0 spiro atoms. The van der Waals surface area contributed by atoms with Gasteiger partial charge in [0.15, 0.2) is 0 Å². The predicted molar refractivity (Wildman–Crippen MR) is 221 cm³/mol. The molecular formula is C50H34N2. The molecule has 0 saturated carbocycles. The summed E-state index contributed by atoms with van der Waals surface area (Å²) in [6, 6.07) is 74.7. The molecule has 244 valence electrons. The Morgan fingerprint density at radius 3 is 1.44 bits per heavy atom. The van der Waals surface area contributed by atoms with Crippen LogP contribution in [0.25, 0.3) is 71.3 Å². The first-order valence-corrected chi connectivity index (χ1v) is 17.8. The number of fused-ring (bicyclic) bond motifs is 5. The summed E-state index contributed by atoms with van der Waals surface area (Å²) >= 11 is 0. The third-order valence-corrected chi connectivity index (χ3v) is 10.4. The summed E-state index contributed by atoms with van der Waals surface area (Å²) in [5.74, 6) is 0. The van der Waals surface area contributed by atoms with Crippen molar-refractivity contribution in [2.45, 2.75) is 0 Å². The van der Waals surface area contributed by atoms with Gasteiger partial charge >= 0.3 is 0 Å². The van der Waals surface area contributed by atoms with Gasteiger partial charge < -0.3 is 9.47 Å². The number of hydrogen-bond donors (Lipinski definition) is 0. The summed E-state index contributed by atoms with van der Waals surface area (Å²) in [7, 11) is 0. The lowest BCUT2D eigenvalue weighted by molar-refractivity contribution is 1.17. The Balaban J connectivity index is 1.07. The van der Waals surface area contributed by atoms with Crippen molar-refractivity contribution in [3.63, 3.8) is 0 Å². The molecule has 10 aromatic rings. The topological polar surface area (TPSA) is 8.17 Å². The normalized spacial score (nSPS) is 11.5. The van der Waals surface area contributed by atoms with Crippen molar-refractivity contribution in [1.82, 2.24) is 4.57 Å². The third kappa shape index (κ3) is 5.12. The Labute approximate surface area is 303 Å². The van der Waals surface area contributed by atoms with Gasteiger partial charge in [0.1, 0.15) is 0 Å². The molecule has 52 heavy (non-hydrogen) atoms. The van der Waals surface area contributed by atoms with Crippen LogP contribution in [-0.2, 0) is 0 Å². The van der Waals surface area contributed by atoms with Gasteiger partial charge in [0.05, 0.1) is 11.0 Å². The molecular weight excluding hydrogens is 629 g/mol. The highest BCUT2D eigenvalue weighted by Crippen LogP contribution is 2.39. The second kappa shape index (κ2) is 12.5. The van der Waals surface area contributed by atoms with E-state index < -0.39 is 0 Å². The first-order valence-electron chi connectivity index (χ1n) is 17.8. The molecule has 2 heteroatoms. The van der Waals surface area contributed by atoms with Gasteiger partial charge in [-0.25, -0.2) is 0 Å². The van der Waals surface area contributed by atoms with Gasteiger partial charge in [0, 0.05) is 33.5 Å². The maximum atomic E-state index is 2.37. The number of nitrogens with zero attached hydrogens (tertiary/aromatic N) is 2. The van der Waals surface area contributed by atoms with Crippen LogP contribution in [0.5, 0.6) is 0 Å². The molecule has 10 rings (SSSR count). The number of rotatable bonds is 6. The highest BCUT2D eigenvalue weighted by Gasteiger charge is 2.16. The average Bonchev–Trinajstić information content (AvgIpc) is 3.56. The van der Waals surface area contributed by atoms with Crippen molar-refractivity contribution in [2.24, 2.45) is 0 Å². The van der Waals surface area contributed by atoms with E-state index in [0.717, 1.165) is 22.7 Å². The second-order valence-electron chi connectivity index (χ2n) is 13.4. The first kappa shape index (κ1) is 30.0. The van der Waals surface area contributed by atoms with Crippen molar-refractivity contribution in [3.05, 3.63) is 206 Å². The van der Waals surface area contributed by atoms with Crippen molar-refractivity contribution < 1.29 is 0 Å². The SMILES string of the molecule is c1ccc2cc(-c3ccc(N(c4ccc(-c5cccc6ccccc56)cc4)c4ccc(-n5c6ccccc6c6ccccc65)cc4)cc3)ccc2c1. The number of anilines is 3. The van der Waals surface area contributed by atoms with Gasteiger partial charge in [-0.05, 0) is 111 Å². The van der Waals surface area contributed by atoms with Crippen LogP contribution < -0.4 is 4.90 Å². The van der Waals surface area contributed by atoms with Crippen LogP contribution >= 0.6 is 0 Å². The predicted octanol–water partition coefficient (Wildman–Crippen LogP) is 13.9. The second-order valence-corrected chi connectivity index (χ2v) is 13.4. The molecule has 0 radical (unpaired) electrons. The number of para-hydroxylation sites is 2. The van der Waals surface area contributed by atoms with Gasteiger partial charge in [-0.3, -0.25) is 0 Å². The van der Waals surface area contributed by atoms with Crippen molar-refractivity contribution in [3.8, 4) is 27.9 Å². The zero-order chi connectivity index (χ0) is 34.4. The molecule has 2 nitrogen and oxygen atoms in total. The van der Waals surface area contributed by atoms with Gasteiger partial charge in [-0.1, -0.05) is 140 Å². The first-order chi connectivity index (χ1) is 25.8. The van der Waals surface area contributed by atoms with Crippen LogP contribution in [0, 0.1) is 0 Å². The molecule has 1 heterocycles. The van der Waals surface area contributed by atoms with Crippen LogP contribution in [0.15, 0.2) is 206 Å². The van der Waals surface area contributed by atoms with Crippen molar-refractivity contribution in [2.75, 3.05) is 4.90 Å². The van der Waals surface area contributed by atoms with Crippen LogP contribution in [0.3, 0.4) is 0 Å². The fourth-order valence-corrected chi connectivity index (χ4v) is 7.84. The highest BCUT2D eigenvalue weighted by atomic mass is 15.1. The minimum absolute atomic E-state index is 1.10. The Morgan fingerprint density at radius 1 is 0.308 bits per heavy atom. The van der Waals surface area contributed by atoms with Crippen LogP contribution in [0.1, 0.15) is 0 Å². The zero-order valence-corrected chi connectivity index (χ0v) is 28.5. The van der Waals surface area contributed by atoms with E-state index in [9.17, 15) is 0 Å². The minimum atomic E-state index is 1.10. The smallest absolute Gasteiger partial charge is 0.0541 e. The standard InChI is InChI=1S/C50H34N2/c1-2-12-39-34-40(21-20-35(39)10-1)36-22-26-41(27-23-36)51(42-28-24-38(25-29-42)46-17-9-13-37-11-3-4-14-45(37)46)43-30-32-44(33-31-43)52-49-18-7-5-15-47(49)48-16-6-8-19-50(48)52/h1-34H. The summed E-state index contributed by atoms with van der Waals surface area (Å²) in [4.78, 5) is 2.35. The molecule has 0 bridgehead atoms. The lowest BCUT2D eigenvalue weighted by Crippen LogP contribution is -2.10. The van der Waals surface area contributed by atoms with Gasteiger partial charge in [-0.2, -0.15) is 0 Å². The fraction of sp³-hybridized carbons (Fsp3) is 0. The quantitative estimate of drug-likeness (QED) is 0.172. The van der Waals surface area contributed by atoms with Gasteiger partial charge in [0.25, 0.3) is 0 Å². The number of benzene rings is 9. The van der Waals surface area contributed by atoms with Crippen LogP contribution in [-0.4, -0.2) is 4.57 Å². The monoisotopic (exact) mass is 662 g/mol. The maximum Gasteiger partial charge on any atom is 0.0541 e. The molecule has 0 unspecified atom stereocenters. The molecule has 0 fully saturated rings. The number of aromatic nitrogens is 1. The fourth-order valence-electron chi connectivity index (χ4n) is 7.84. The molecule has 1 aromatic heterocycles. The van der Waals surface area contributed by atoms with Crippen molar-refractivity contribution in [1.29, 1.82) is 0 Å². The van der Waals surface area contributed by atoms with E-state index in [-0.39, 0.29) is 0 Å². The summed E-state index contributed by atoms with van der Waals surface area (Å²) in [5, 5.41) is 7.55. The summed E-state index contributed by atoms with van der Waals surface area (Å²) in [6.07, 6.45) is 0. The molecule has 0 saturated heterocycles. The van der Waals surface area contributed by atoms with Crippen LogP contribution in [0.2, 0.25) is 0 Å². The molecule has 0 aliphatic carbocycles. The number of hydrogen-bond acceptors (Lipinski definition) is 1. The molecule has 0 aliphatic rings. The Morgan fingerprint density at radius 2 is 0.788 bits per heavy atom. The molecule has 0 aliphatic heterocycles. The van der Waals surface area contributed by atoms with E-state index in [2.05, 4.69) is 216 Å². The Bertz CT molecular complexity index is 2820. The Kier molecular flexibility index (Phi) is 7.18. The summed E-state index contributed by atoms with van der Waals surface area (Å²) in [6.45, 7) is 0. The van der Waals surface area contributed by atoms with E-state index in [1.165, 1.54) is 65.6 Å². The van der Waals surface area contributed by atoms with E-state index in [1.807, 2.05) is 0 Å². The molecule has 0 N–H and O–H groups in total.